The number of aryl methyl sites for hydroxylation is 1. The third-order valence-corrected chi connectivity index (χ3v) is 3.42. The van der Waals surface area contributed by atoms with Gasteiger partial charge in [0.05, 0.1) is 17.7 Å². The van der Waals surface area contributed by atoms with E-state index in [4.69, 9.17) is 5.26 Å². The van der Waals surface area contributed by atoms with Crippen LogP contribution in [0.4, 0.5) is 0 Å². The molecule has 0 radical (unpaired) electrons. The number of nitrogens with zero attached hydrogens (tertiary/aromatic N) is 1. The summed E-state index contributed by atoms with van der Waals surface area (Å²) in [7, 11) is 0. The summed E-state index contributed by atoms with van der Waals surface area (Å²) < 4.78 is 0. The Balaban J connectivity index is 1.99. The lowest BCUT2D eigenvalue weighted by atomic mass is 10.0. The van der Waals surface area contributed by atoms with Crippen LogP contribution in [0.3, 0.4) is 0 Å². The Morgan fingerprint density at radius 3 is 2.94 bits per heavy atom. The van der Waals surface area contributed by atoms with E-state index in [1.165, 1.54) is 5.56 Å². The van der Waals surface area contributed by atoms with E-state index < -0.39 is 6.10 Å². The lowest BCUT2D eigenvalue weighted by Crippen LogP contribution is -1.99. The lowest BCUT2D eigenvalue weighted by molar-refractivity contribution is 0.168. The summed E-state index contributed by atoms with van der Waals surface area (Å²) in [4.78, 5) is 0. The second kappa shape index (κ2) is 5.62. The first-order chi connectivity index (χ1) is 8.29. The smallest absolute Gasteiger partial charge is 0.0991 e. The van der Waals surface area contributed by atoms with Gasteiger partial charge in [-0.25, -0.2) is 0 Å². The van der Waals surface area contributed by atoms with E-state index >= 15 is 0 Å². The molecule has 0 aliphatic carbocycles. The molecule has 1 aromatic heterocycles. The van der Waals surface area contributed by atoms with Crippen LogP contribution in [0.1, 0.15) is 29.2 Å². The summed E-state index contributed by atoms with van der Waals surface area (Å²) in [5, 5.41) is 23.0. The van der Waals surface area contributed by atoms with Crippen molar-refractivity contribution >= 4 is 11.3 Å². The first-order valence-electron chi connectivity index (χ1n) is 5.49. The molecule has 2 nitrogen and oxygen atoms in total. The van der Waals surface area contributed by atoms with Gasteiger partial charge in [-0.05, 0) is 52.9 Å². The number of rotatable bonds is 4. The fourth-order valence-electron chi connectivity index (χ4n) is 1.72. The molecular formula is C14H13NOS. The number of aliphatic hydroxyl groups excluding tert-OH is 1. The van der Waals surface area contributed by atoms with E-state index in [9.17, 15) is 5.11 Å². The van der Waals surface area contributed by atoms with Crippen molar-refractivity contribution in [3.63, 3.8) is 0 Å². The molecule has 0 saturated carbocycles. The minimum absolute atomic E-state index is 0.497. The highest BCUT2D eigenvalue weighted by Gasteiger charge is 2.08. The Morgan fingerprint density at radius 2 is 2.24 bits per heavy atom. The Labute approximate surface area is 105 Å². The molecule has 0 saturated heterocycles. The third-order valence-electron chi connectivity index (χ3n) is 2.69. The normalized spacial score (nSPS) is 12.0. The average Bonchev–Trinajstić information content (AvgIpc) is 2.89. The second-order valence-electron chi connectivity index (χ2n) is 3.92. The van der Waals surface area contributed by atoms with E-state index in [1.807, 2.05) is 17.5 Å². The SMILES string of the molecule is N#Cc1cccc(C(O)CCc2ccsc2)c1. The number of benzene rings is 1. The zero-order valence-electron chi connectivity index (χ0n) is 9.34. The maximum Gasteiger partial charge on any atom is 0.0991 e. The molecule has 0 aliphatic heterocycles. The fourth-order valence-corrected chi connectivity index (χ4v) is 2.42. The van der Waals surface area contributed by atoms with Crippen molar-refractivity contribution in [2.45, 2.75) is 18.9 Å². The topological polar surface area (TPSA) is 44.0 Å². The number of aliphatic hydroxyl groups is 1. The van der Waals surface area contributed by atoms with Gasteiger partial charge in [-0.3, -0.25) is 0 Å². The van der Waals surface area contributed by atoms with Crippen molar-refractivity contribution in [2.24, 2.45) is 0 Å². The summed E-state index contributed by atoms with van der Waals surface area (Å²) in [6, 6.07) is 11.3. The van der Waals surface area contributed by atoms with Crippen molar-refractivity contribution in [2.75, 3.05) is 0 Å². The zero-order valence-corrected chi connectivity index (χ0v) is 10.2. The quantitative estimate of drug-likeness (QED) is 0.895. The Morgan fingerprint density at radius 1 is 1.35 bits per heavy atom. The van der Waals surface area contributed by atoms with Crippen LogP contribution in [0.25, 0.3) is 0 Å². The highest BCUT2D eigenvalue weighted by molar-refractivity contribution is 7.07. The summed E-state index contributed by atoms with van der Waals surface area (Å²) in [5.74, 6) is 0. The van der Waals surface area contributed by atoms with Crippen LogP contribution < -0.4 is 0 Å². The monoisotopic (exact) mass is 243 g/mol. The van der Waals surface area contributed by atoms with Crippen LogP contribution in [0, 0.1) is 11.3 Å². The summed E-state index contributed by atoms with van der Waals surface area (Å²) >= 11 is 1.67. The van der Waals surface area contributed by atoms with Gasteiger partial charge >= 0.3 is 0 Å². The minimum Gasteiger partial charge on any atom is -0.388 e. The van der Waals surface area contributed by atoms with E-state index in [0.29, 0.717) is 12.0 Å². The largest absolute Gasteiger partial charge is 0.388 e. The molecule has 0 aliphatic rings. The molecule has 0 spiro atoms. The maximum atomic E-state index is 10.0. The molecule has 1 atom stereocenters. The van der Waals surface area contributed by atoms with Crippen LogP contribution in [0.5, 0.6) is 0 Å². The van der Waals surface area contributed by atoms with Crippen molar-refractivity contribution in [1.82, 2.24) is 0 Å². The van der Waals surface area contributed by atoms with Gasteiger partial charge in [0.2, 0.25) is 0 Å². The van der Waals surface area contributed by atoms with Gasteiger partial charge in [0.15, 0.2) is 0 Å². The van der Waals surface area contributed by atoms with Crippen LogP contribution in [0.2, 0.25) is 0 Å². The van der Waals surface area contributed by atoms with Crippen LogP contribution in [-0.4, -0.2) is 5.11 Å². The van der Waals surface area contributed by atoms with E-state index in [2.05, 4.69) is 17.5 Å². The Kier molecular flexibility index (Phi) is 3.92. The zero-order chi connectivity index (χ0) is 12.1. The average molecular weight is 243 g/mol. The van der Waals surface area contributed by atoms with Gasteiger partial charge in [-0.15, -0.1) is 0 Å². The van der Waals surface area contributed by atoms with E-state index in [1.54, 1.807) is 23.5 Å². The number of nitriles is 1. The summed E-state index contributed by atoms with van der Waals surface area (Å²) in [6.07, 6.45) is 1.05. The van der Waals surface area contributed by atoms with E-state index in [-0.39, 0.29) is 0 Å². The molecule has 0 fully saturated rings. The third kappa shape index (κ3) is 3.16. The van der Waals surface area contributed by atoms with Crippen molar-refractivity contribution in [1.29, 1.82) is 5.26 Å². The molecule has 1 aromatic carbocycles. The van der Waals surface area contributed by atoms with Gasteiger partial charge in [0.25, 0.3) is 0 Å². The van der Waals surface area contributed by atoms with Gasteiger partial charge in [0, 0.05) is 0 Å². The molecular weight excluding hydrogens is 230 g/mol. The first-order valence-corrected chi connectivity index (χ1v) is 6.43. The molecule has 2 rings (SSSR count). The first kappa shape index (κ1) is 11.8. The van der Waals surface area contributed by atoms with Crippen molar-refractivity contribution in [3.05, 3.63) is 57.8 Å². The summed E-state index contributed by atoms with van der Waals surface area (Å²) in [6.45, 7) is 0. The molecule has 0 amide bonds. The maximum absolute atomic E-state index is 10.0. The second-order valence-corrected chi connectivity index (χ2v) is 4.70. The van der Waals surface area contributed by atoms with Crippen molar-refractivity contribution in [3.8, 4) is 6.07 Å². The van der Waals surface area contributed by atoms with Gasteiger partial charge < -0.3 is 5.11 Å². The highest BCUT2D eigenvalue weighted by atomic mass is 32.1. The van der Waals surface area contributed by atoms with Crippen LogP contribution in [-0.2, 0) is 6.42 Å². The van der Waals surface area contributed by atoms with Gasteiger partial charge in [0.1, 0.15) is 0 Å². The van der Waals surface area contributed by atoms with Crippen LogP contribution >= 0.6 is 11.3 Å². The molecule has 0 bridgehead atoms. The molecule has 2 aromatic rings. The minimum atomic E-state index is -0.497. The van der Waals surface area contributed by atoms with Crippen LogP contribution in [0.15, 0.2) is 41.1 Å². The molecule has 17 heavy (non-hydrogen) atoms. The Hall–Kier alpha value is -1.63. The number of hydrogen-bond donors (Lipinski definition) is 1. The predicted octanol–water partition coefficient (Wildman–Crippen LogP) is 3.29. The molecule has 1 heterocycles. The number of hydrogen-bond acceptors (Lipinski definition) is 3. The standard InChI is InChI=1S/C14H13NOS/c15-9-12-2-1-3-13(8-12)14(16)5-4-11-6-7-17-10-11/h1-3,6-8,10,14,16H,4-5H2. The molecule has 3 heteroatoms. The van der Waals surface area contributed by atoms with Gasteiger partial charge in [-0.1, -0.05) is 12.1 Å². The highest BCUT2D eigenvalue weighted by Crippen LogP contribution is 2.20. The van der Waals surface area contributed by atoms with Gasteiger partial charge in [-0.2, -0.15) is 16.6 Å². The Bertz CT molecular complexity index is 513. The number of thiophene rings is 1. The fraction of sp³-hybridized carbons (Fsp3) is 0.214. The van der Waals surface area contributed by atoms with E-state index in [0.717, 1.165) is 12.0 Å². The molecule has 1 N–H and O–H groups in total. The predicted molar refractivity (Wildman–Crippen MR) is 68.8 cm³/mol. The molecule has 86 valence electrons. The lowest BCUT2D eigenvalue weighted by Gasteiger charge is -2.10. The molecule has 1 unspecified atom stereocenters. The van der Waals surface area contributed by atoms with Crippen molar-refractivity contribution < 1.29 is 5.11 Å². The summed E-state index contributed by atoms with van der Waals surface area (Å²) in [5.41, 5.74) is 2.67.